The quantitative estimate of drug-likeness (QED) is 0.292. The molecule has 0 spiro atoms. The van der Waals surface area contributed by atoms with Gasteiger partial charge < -0.3 is 30.1 Å². The summed E-state index contributed by atoms with van der Waals surface area (Å²) in [6, 6.07) is 16.1. The van der Waals surface area contributed by atoms with E-state index < -0.39 is 77.1 Å². The summed E-state index contributed by atoms with van der Waals surface area (Å²) in [6.45, 7) is 2.78. The molecule has 0 radical (unpaired) electrons. The number of nitrogens with one attached hydrogen (secondary N) is 1. The number of carbonyl (C=O) groups is 1. The molecule has 4 aliphatic carbocycles. The number of allylic oxidation sites excluding steroid dienone is 4. The lowest BCUT2D eigenvalue weighted by Gasteiger charge is -2.63. The number of hydrogen-bond donors (Lipinski definition) is 4. The van der Waals surface area contributed by atoms with Gasteiger partial charge in [-0.3, -0.25) is 4.79 Å². The Bertz CT molecular complexity index is 1570. The third-order valence-corrected chi connectivity index (χ3v) is 13.0. The number of rotatable bonds is 7. The van der Waals surface area contributed by atoms with Gasteiger partial charge in [-0.05, 0) is 79.7 Å². The lowest BCUT2D eigenvalue weighted by Crippen LogP contribution is -2.71. The number of thioether (sulfide) groups is 1. The van der Waals surface area contributed by atoms with Gasteiger partial charge in [0.25, 0.3) is 0 Å². The molecule has 246 valence electrons. The van der Waals surface area contributed by atoms with Gasteiger partial charge in [-0.1, -0.05) is 37.3 Å². The lowest BCUT2D eigenvalue weighted by atomic mass is 9.44. The molecule has 2 aromatic rings. The Balaban J connectivity index is 1.15. The van der Waals surface area contributed by atoms with Crippen molar-refractivity contribution < 1.29 is 38.4 Å². The lowest BCUT2D eigenvalue weighted by molar-refractivity contribution is -0.257. The molecule has 0 bridgehead atoms. The molecular formula is C36H41F2NO6S. The number of fused-ring (bicyclic) bond motifs is 7. The van der Waals surface area contributed by atoms with E-state index >= 15 is 8.78 Å². The molecule has 1 saturated heterocycles. The molecule has 2 aromatic carbocycles. The number of benzene rings is 2. The summed E-state index contributed by atoms with van der Waals surface area (Å²) in [7, 11) is 1.89. The standard InChI is InChI=1S/C36H41F2NO6S/c1-33-13-12-23(41)14-27(33)28(37)15-26-25-16-31-36(30(43)18-40,34(25,2)17-29(42)35(26,33)38)45-32(44-31)21-6-4-20(5-7-21)19-46-24-10-8-22(39-3)9-11-24/h4-14,25-26,28-32,39-40,42-43H,15-19H2,1-3H3/t25-,26-,28-,29-,30?,31+,32-,33-,34-,35-,36+/m0/s1. The molecule has 7 nitrogen and oxygen atoms in total. The van der Waals surface area contributed by atoms with E-state index in [0.29, 0.717) is 0 Å². The van der Waals surface area contributed by atoms with Crippen molar-refractivity contribution in [1.82, 2.24) is 0 Å². The summed E-state index contributed by atoms with van der Waals surface area (Å²) in [5.41, 5.74) is -3.33. The number of anilines is 1. The molecule has 10 heteroatoms. The fourth-order valence-corrected chi connectivity index (χ4v) is 10.4. The Kier molecular flexibility index (Phi) is 7.81. The first kappa shape index (κ1) is 32.0. The van der Waals surface area contributed by atoms with Crippen LogP contribution in [0.1, 0.15) is 50.5 Å². The van der Waals surface area contributed by atoms with E-state index in [1.807, 2.05) is 50.4 Å². The predicted octanol–water partition coefficient (Wildman–Crippen LogP) is 5.46. The van der Waals surface area contributed by atoms with E-state index in [2.05, 4.69) is 17.4 Å². The van der Waals surface area contributed by atoms with Crippen LogP contribution >= 0.6 is 11.8 Å². The molecule has 0 amide bonds. The molecule has 4 N–H and O–H groups in total. The van der Waals surface area contributed by atoms with Gasteiger partial charge in [0.1, 0.15) is 17.9 Å². The molecule has 3 saturated carbocycles. The van der Waals surface area contributed by atoms with Gasteiger partial charge >= 0.3 is 0 Å². The van der Waals surface area contributed by atoms with Crippen molar-refractivity contribution in [3.8, 4) is 0 Å². The maximum absolute atomic E-state index is 17.6. The third-order valence-electron chi connectivity index (χ3n) is 11.9. The molecular weight excluding hydrogens is 612 g/mol. The number of halogens is 2. The first-order chi connectivity index (χ1) is 21.9. The van der Waals surface area contributed by atoms with Crippen molar-refractivity contribution in [3.63, 3.8) is 0 Å². The van der Waals surface area contributed by atoms with Gasteiger partial charge in [0.2, 0.25) is 0 Å². The highest BCUT2D eigenvalue weighted by molar-refractivity contribution is 7.98. The van der Waals surface area contributed by atoms with Crippen molar-refractivity contribution >= 4 is 23.2 Å². The molecule has 46 heavy (non-hydrogen) atoms. The zero-order valence-electron chi connectivity index (χ0n) is 26.2. The second-order valence-electron chi connectivity index (χ2n) is 14.0. The summed E-state index contributed by atoms with van der Waals surface area (Å²) < 4.78 is 46.6. The van der Waals surface area contributed by atoms with E-state index in [9.17, 15) is 20.1 Å². The Labute approximate surface area is 272 Å². The highest BCUT2D eigenvalue weighted by atomic mass is 32.2. The maximum atomic E-state index is 17.6. The minimum absolute atomic E-state index is 0.0609. The van der Waals surface area contributed by atoms with E-state index in [1.54, 1.807) is 18.7 Å². The molecule has 0 aromatic heterocycles. The fourth-order valence-electron chi connectivity index (χ4n) is 9.54. The van der Waals surface area contributed by atoms with Crippen LogP contribution in [0.15, 0.2) is 77.2 Å². The normalized spacial score (nSPS) is 41.7. The number of aliphatic hydroxyl groups is 3. The van der Waals surface area contributed by atoms with Crippen LogP contribution < -0.4 is 5.32 Å². The Morgan fingerprint density at radius 3 is 2.48 bits per heavy atom. The van der Waals surface area contributed by atoms with E-state index in [-0.39, 0.29) is 24.8 Å². The van der Waals surface area contributed by atoms with Crippen molar-refractivity contribution in [1.29, 1.82) is 0 Å². The van der Waals surface area contributed by atoms with Crippen LogP contribution in [0.25, 0.3) is 0 Å². The summed E-state index contributed by atoms with van der Waals surface area (Å²) in [6.07, 6.45) is -2.29. The average molecular weight is 654 g/mol. The van der Waals surface area contributed by atoms with Crippen LogP contribution in [0.2, 0.25) is 0 Å². The van der Waals surface area contributed by atoms with Crippen LogP contribution in [-0.2, 0) is 20.0 Å². The number of hydrogen-bond acceptors (Lipinski definition) is 8. The number of carbonyl (C=O) groups excluding carboxylic acids is 1. The maximum Gasteiger partial charge on any atom is 0.185 e. The van der Waals surface area contributed by atoms with Gasteiger partial charge in [0.05, 0.1) is 18.8 Å². The largest absolute Gasteiger partial charge is 0.394 e. The van der Waals surface area contributed by atoms with Crippen molar-refractivity contribution in [3.05, 3.63) is 83.5 Å². The summed E-state index contributed by atoms with van der Waals surface area (Å²) >= 11 is 1.72. The van der Waals surface area contributed by atoms with Gasteiger partial charge in [-0.15, -0.1) is 11.8 Å². The van der Waals surface area contributed by atoms with E-state index in [0.717, 1.165) is 27.5 Å². The van der Waals surface area contributed by atoms with Gasteiger partial charge in [-0.2, -0.15) is 0 Å². The zero-order valence-corrected chi connectivity index (χ0v) is 27.0. The Morgan fingerprint density at radius 2 is 1.80 bits per heavy atom. The highest BCUT2D eigenvalue weighted by Gasteiger charge is 2.79. The highest BCUT2D eigenvalue weighted by Crippen LogP contribution is 2.73. The molecule has 4 fully saturated rings. The molecule has 7 rings (SSSR count). The predicted molar refractivity (Wildman–Crippen MR) is 171 cm³/mol. The number of alkyl halides is 2. The summed E-state index contributed by atoms with van der Waals surface area (Å²) in [5.74, 6) is -1.11. The Hall–Kier alpha value is -2.60. The number of ether oxygens (including phenoxy) is 2. The van der Waals surface area contributed by atoms with Crippen molar-refractivity contribution in [2.45, 2.75) is 85.8 Å². The molecule has 5 aliphatic rings. The molecule has 1 heterocycles. The molecule has 1 unspecified atom stereocenters. The van der Waals surface area contributed by atoms with Crippen molar-refractivity contribution in [2.75, 3.05) is 19.0 Å². The third kappa shape index (κ3) is 4.37. The fraction of sp³-hybridized carbons (Fsp3) is 0.528. The summed E-state index contributed by atoms with van der Waals surface area (Å²) in [4.78, 5) is 13.3. The van der Waals surface area contributed by atoms with Crippen LogP contribution in [0.5, 0.6) is 0 Å². The average Bonchev–Trinajstić information content (AvgIpc) is 3.55. The topological polar surface area (TPSA) is 108 Å². The zero-order chi connectivity index (χ0) is 32.6. The van der Waals surface area contributed by atoms with Gasteiger partial charge in [0.15, 0.2) is 17.7 Å². The SMILES string of the molecule is CNc1ccc(SCc2ccc([C@H]3O[C@@H]4C[C@H]5[C@@H]6C[C@H](F)C7=CC(=O)C=C[C@]7(C)[C@@]6(F)[C@@H](O)C[C@]5(C)[C@]4(C(O)CO)O3)cc2)cc1. The molecule has 11 atom stereocenters. The first-order valence-electron chi connectivity index (χ1n) is 16.0. The first-order valence-corrected chi connectivity index (χ1v) is 17.0. The summed E-state index contributed by atoms with van der Waals surface area (Å²) in [5, 5.41) is 36.6. The minimum atomic E-state index is -2.25. The molecule has 1 aliphatic heterocycles. The van der Waals surface area contributed by atoms with Gasteiger partial charge in [-0.25, -0.2) is 8.78 Å². The van der Waals surface area contributed by atoms with Crippen molar-refractivity contribution in [2.24, 2.45) is 22.7 Å². The van der Waals surface area contributed by atoms with E-state index in [1.165, 1.54) is 18.2 Å². The smallest absolute Gasteiger partial charge is 0.185 e. The van der Waals surface area contributed by atoms with Gasteiger partial charge in [0, 0.05) is 45.7 Å². The monoisotopic (exact) mass is 653 g/mol. The number of ketones is 1. The van der Waals surface area contributed by atoms with Crippen LogP contribution in [0, 0.1) is 22.7 Å². The van der Waals surface area contributed by atoms with Crippen LogP contribution in [0.4, 0.5) is 14.5 Å². The van der Waals surface area contributed by atoms with Crippen LogP contribution in [-0.4, -0.2) is 70.5 Å². The number of aliphatic hydroxyl groups excluding tert-OH is 3. The van der Waals surface area contributed by atoms with Crippen LogP contribution in [0.3, 0.4) is 0 Å². The second-order valence-corrected chi connectivity index (χ2v) is 15.0. The Morgan fingerprint density at radius 1 is 1.09 bits per heavy atom. The van der Waals surface area contributed by atoms with E-state index in [4.69, 9.17) is 9.47 Å². The second kappa shape index (κ2) is 11.2. The minimum Gasteiger partial charge on any atom is -0.394 e.